The van der Waals surface area contributed by atoms with Gasteiger partial charge < -0.3 is 14.4 Å². The molecule has 6 nitrogen and oxygen atoms in total. The third-order valence-electron chi connectivity index (χ3n) is 3.13. The molecule has 0 amide bonds. The van der Waals surface area contributed by atoms with Crippen LogP contribution in [0.4, 0.5) is 0 Å². The van der Waals surface area contributed by atoms with Crippen molar-refractivity contribution in [1.29, 1.82) is 0 Å². The molecule has 1 aromatic heterocycles. The van der Waals surface area contributed by atoms with Crippen LogP contribution in [0.25, 0.3) is 0 Å². The lowest BCUT2D eigenvalue weighted by Gasteiger charge is -2.15. The fraction of sp³-hybridized carbons (Fsp3) is 0.818. The van der Waals surface area contributed by atoms with Gasteiger partial charge in [-0.2, -0.15) is 4.98 Å². The number of ether oxygens (including phenoxy) is 1. The Morgan fingerprint density at radius 2 is 2.47 bits per heavy atom. The second kappa shape index (κ2) is 5.57. The Morgan fingerprint density at radius 1 is 1.65 bits per heavy atom. The van der Waals surface area contributed by atoms with E-state index in [4.69, 9.17) is 9.26 Å². The van der Waals surface area contributed by atoms with Crippen molar-refractivity contribution in [1.82, 2.24) is 15.0 Å². The molecule has 6 heteroatoms. The lowest BCUT2D eigenvalue weighted by atomic mass is 10.0. The Kier molecular flexibility index (Phi) is 4.09. The quantitative estimate of drug-likeness (QED) is 0.805. The molecule has 96 valence electrons. The molecule has 0 aromatic carbocycles. The topological polar surface area (TPSA) is 71.6 Å². The molecule has 1 saturated heterocycles. The number of aliphatic hydroxyl groups is 1. The van der Waals surface area contributed by atoms with Crippen molar-refractivity contribution in [3.8, 4) is 0 Å². The summed E-state index contributed by atoms with van der Waals surface area (Å²) >= 11 is 0. The normalized spacial score (nSPS) is 23.1. The number of methoxy groups -OCH3 is 1. The molecule has 0 saturated carbocycles. The van der Waals surface area contributed by atoms with E-state index in [-0.39, 0.29) is 6.10 Å². The number of nitrogens with zero attached hydrogens (tertiary/aromatic N) is 3. The fourth-order valence-electron chi connectivity index (χ4n) is 2.13. The molecule has 1 aliphatic heterocycles. The lowest BCUT2D eigenvalue weighted by Crippen LogP contribution is -2.24. The molecule has 1 aliphatic rings. The zero-order chi connectivity index (χ0) is 12.3. The molecule has 17 heavy (non-hydrogen) atoms. The van der Waals surface area contributed by atoms with Crippen molar-refractivity contribution in [3.05, 3.63) is 11.7 Å². The Morgan fingerprint density at radius 3 is 3.12 bits per heavy atom. The largest absolute Gasteiger partial charge is 0.393 e. The van der Waals surface area contributed by atoms with Gasteiger partial charge in [-0.15, -0.1) is 0 Å². The molecule has 1 N–H and O–H groups in total. The molecule has 2 unspecified atom stereocenters. The molecule has 0 radical (unpaired) electrons. The van der Waals surface area contributed by atoms with Gasteiger partial charge in [-0.3, -0.25) is 4.90 Å². The van der Waals surface area contributed by atoms with Gasteiger partial charge >= 0.3 is 0 Å². The van der Waals surface area contributed by atoms with Gasteiger partial charge in [0.1, 0.15) is 6.61 Å². The minimum Gasteiger partial charge on any atom is -0.393 e. The highest BCUT2D eigenvalue weighted by Crippen LogP contribution is 2.20. The van der Waals surface area contributed by atoms with E-state index in [0.29, 0.717) is 30.8 Å². The zero-order valence-corrected chi connectivity index (χ0v) is 10.3. The van der Waals surface area contributed by atoms with Crippen LogP contribution in [0.2, 0.25) is 0 Å². The molecule has 1 fully saturated rings. The molecular formula is C11H19N3O3. The summed E-state index contributed by atoms with van der Waals surface area (Å²) in [5, 5.41) is 13.3. The molecular weight excluding hydrogens is 222 g/mol. The van der Waals surface area contributed by atoms with Gasteiger partial charge in [0.15, 0.2) is 5.82 Å². The standard InChI is InChI=1S/C11H19N3O3/c1-8(15)9-3-4-14(5-9)6-11-12-10(7-16-2)13-17-11/h8-9,15H,3-7H2,1-2H3. The van der Waals surface area contributed by atoms with Crippen LogP contribution < -0.4 is 0 Å². The molecule has 2 rings (SSSR count). The van der Waals surface area contributed by atoms with E-state index >= 15 is 0 Å². The average Bonchev–Trinajstić information content (AvgIpc) is 2.89. The first kappa shape index (κ1) is 12.5. The Balaban J connectivity index is 1.84. The summed E-state index contributed by atoms with van der Waals surface area (Å²) in [6.07, 6.45) is 0.781. The van der Waals surface area contributed by atoms with Gasteiger partial charge in [-0.1, -0.05) is 5.16 Å². The Bertz CT molecular complexity index is 353. The van der Waals surface area contributed by atoms with E-state index in [1.54, 1.807) is 7.11 Å². The van der Waals surface area contributed by atoms with Crippen molar-refractivity contribution in [2.45, 2.75) is 32.6 Å². The van der Waals surface area contributed by atoms with E-state index in [1.807, 2.05) is 6.92 Å². The SMILES string of the molecule is COCc1noc(CN2CCC(C(C)O)C2)n1. The summed E-state index contributed by atoms with van der Waals surface area (Å²) in [4.78, 5) is 6.45. The maximum Gasteiger partial charge on any atom is 0.240 e. The highest BCUT2D eigenvalue weighted by atomic mass is 16.5. The van der Waals surface area contributed by atoms with Crippen LogP contribution >= 0.6 is 0 Å². The molecule has 0 bridgehead atoms. The fourth-order valence-corrected chi connectivity index (χ4v) is 2.13. The Labute approximate surface area is 101 Å². The number of aromatic nitrogens is 2. The summed E-state index contributed by atoms with van der Waals surface area (Å²) in [6, 6.07) is 0. The van der Waals surface area contributed by atoms with Crippen LogP contribution in [-0.4, -0.2) is 46.5 Å². The van der Waals surface area contributed by atoms with Crippen LogP contribution in [0.1, 0.15) is 25.1 Å². The smallest absolute Gasteiger partial charge is 0.240 e. The zero-order valence-electron chi connectivity index (χ0n) is 10.3. The van der Waals surface area contributed by atoms with Crippen LogP contribution in [0.5, 0.6) is 0 Å². The van der Waals surface area contributed by atoms with Crippen molar-refractivity contribution in [3.63, 3.8) is 0 Å². The first-order valence-corrected chi connectivity index (χ1v) is 5.90. The third-order valence-corrected chi connectivity index (χ3v) is 3.13. The minimum absolute atomic E-state index is 0.244. The number of hydrogen-bond acceptors (Lipinski definition) is 6. The highest BCUT2D eigenvalue weighted by Gasteiger charge is 2.26. The van der Waals surface area contributed by atoms with Gasteiger partial charge in [-0.25, -0.2) is 0 Å². The summed E-state index contributed by atoms with van der Waals surface area (Å²) in [5.41, 5.74) is 0. The van der Waals surface area contributed by atoms with Crippen LogP contribution in [0.3, 0.4) is 0 Å². The Hall–Kier alpha value is -0.980. The summed E-state index contributed by atoms with van der Waals surface area (Å²) in [7, 11) is 1.60. The number of rotatable bonds is 5. The van der Waals surface area contributed by atoms with Gasteiger partial charge in [0.25, 0.3) is 0 Å². The van der Waals surface area contributed by atoms with Crippen molar-refractivity contribution < 1.29 is 14.4 Å². The van der Waals surface area contributed by atoms with Crippen molar-refractivity contribution >= 4 is 0 Å². The summed E-state index contributed by atoms with van der Waals surface area (Å²) < 4.78 is 10.1. The molecule has 2 atom stereocenters. The van der Waals surface area contributed by atoms with E-state index in [1.165, 1.54) is 0 Å². The maximum absolute atomic E-state index is 9.52. The van der Waals surface area contributed by atoms with E-state index in [9.17, 15) is 5.11 Å². The van der Waals surface area contributed by atoms with Gasteiger partial charge in [0, 0.05) is 13.7 Å². The predicted octanol–water partition coefficient (Wildman–Crippen LogP) is 0.419. The first-order chi connectivity index (χ1) is 8.19. The maximum atomic E-state index is 9.52. The number of likely N-dealkylation sites (tertiary alicyclic amines) is 1. The van der Waals surface area contributed by atoms with Crippen LogP contribution in [0, 0.1) is 5.92 Å². The second-order valence-electron chi connectivity index (χ2n) is 4.56. The molecule has 0 aliphatic carbocycles. The van der Waals surface area contributed by atoms with Gasteiger partial charge in [0.05, 0.1) is 12.6 Å². The number of hydrogen-bond donors (Lipinski definition) is 1. The van der Waals surface area contributed by atoms with Gasteiger partial charge in [0.2, 0.25) is 5.89 Å². The van der Waals surface area contributed by atoms with Crippen molar-refractivity contribution in [2.75, 3.05) is 20.2 Å². The molecule has 1 aromatic rings. The highest BCUT2D eigenvalue weighted by molar-refractivity contribution is 4.87. The minimum atomic E-state index is -0.244. The third kappa shape index (κ3) is 3.24. The molecule has 2 heterocycles. The summed E-state index contributed by atoms with van der Waals surface area (Å²) in [5.74, 6) is 1.55. The summed E-state index contributed by atoms with van der Waals surface area (Å²) in [6.45, 7) is 4.73. The monoisotopic (exact) mass is 241 g/mol. The van der Waals surface area contributed by atoms with E-state index in [2.05, 4.69) is 15.0 Å². The van der Waals surface area contributed by atoms with Crippen LogP contribution in [0.15, 0.2) is 4.52 Å². The predicted molar refractivity (Wildman–Crippen MR) is 60.1 cm³/mol. The van der Waals surface area contributed by atoms with Crippen molar-refractivity contribution in [2.24, 2.45) is 5.92 Å². The van der Waals surface area contributed by atoms with Crippen LogP contribution in [-0.2, 0) is 17.9 Å². The molecule has 0 spiro atoms. The average molecular weight is 241 g/mol. The first-order valence-electron chi connectivity index (χ1n) is 5.90. The lowest BCUT2D eigenvalue weighted by molar-refractivity contribution is 0.125. The van der Waals surface area contributed by atoms with E-state index in [0.717, 1.165) is 19.5 Å². The second-order valence-corrected chi connectivity index (χ2v) is 4.56. The van der Waals surface area contributed by atoms with E-state index < -0.39 is 0 Å². The van der Waals surface area contributed by atoms with Gasteiger partial charge in [-0.05, 0) is 25.8 Å². The number of aliphatic hydroxyl groups excluding tert-OH is 1.